The molecule has 0 fully saturated rings. The number of hydrogen-bond donors (Lipinski definition) is 2. The van der Waals surface area contributed by atoms with Gasteiger partial charge in [-0.15, -0.1) is 0 Å². The zero-order valence-corrected chi connectivity index (χ0v) is 20.4. The normalized spacial score (nSPS) is 13.1. The summed E-state index contributed by atoms with van der Waals surface area (Å²) < 4.78 is 58.4. The van der Waals surface area contributed by atoms with Crippen LogP contribution in [0.25, 0.3) is 0 Å². The SMILES string of the molecule is CCOc1ccc(S(=O)(=O)N[C@H](C)C(=O)NCc2ccc(S(=O)(=O)N(C)C)cc2)cc1C. The van der Waals surface area contributed by atoms with Gasteiger partial charge in [0.15, 0.2) is 0 Å². The van der Waals surface area contributed by atoms with Gasteiger partial charge in [-0.3, -0.25) is 4.79 Å². The molecule has 1 atom stereocenters. The van der Waals surface area contributed by atoms with Crippen LogP contribution in [-0.4, -0.2) is 53.8 Å². The lowest BCUT2D eigenvalue weighted by Crippen LogP contribution is -2.44. The van der Waals surface area contributed by atoms with Crippen molar-refractivity contribution in [3.63, 3.8) is 0 Å². The largest absolute Gasteiger partial charge is 0.494 e. The minimum absolute atomic E-state index is 0.0378. The van der Waals surface area contributed by atoms with Gasteiger partial charge in [-0.1, -0.05) is 12.1 Å². The van der Waals surface area contributed by atoms with Gasteiger partial charge in [-0.05, 0) is 62.2 Å². The third-order valence-electron chi connectivity index (χ3n) is 4.65. The second kappa shape index (κ2) is 10.4. The zero-order valence-electron chi connectivity index (χ0n) is 18.7. The zero-order chi connectivity index (χ0) is 24.1. The van der Waals surface area contributed by atoms with Gasteiger partial charge in [0.05, 0.1) is 22.4 Å². The second-order valence-electron chi connectivity index (χ2n) is 7.35. The fourth-order valence-electron chi connectivity index (χ4n) is 2.79. The first-order valence-electron chi connectivity index (χ1n) is 9.93. The summed E-state index contributed by atoms with van der Waals surface area (Å²) in [4.78, 5) is 12.6. The van der Waals surface area contributed by atoms with Gasteiger partial charge in [0.1, 0.15) is 5.75 Å². The molecule has 0 bridgehead atoms. The lowest BCUT2D eigenvalue weighted by atomic mass is 10.2. The van der Waals surface area contributed by atoms with Crippen molar-refractivity contribution in [2.45, 2.75) is 43.1 Å². The molecule has 1 amide bonds. The number of rotatable bonds is 10. The molecule has 2 rings (SSSR count). The summed E-state index contributed by atoms with van der Waals surface area (Å²) in [5.74, 6) is 0.0860. The van der Waals surface area contributed by atoms with Crippen molar-refractivity contribution >= 4 is 26.0 Å². The van der Waals surface area contributed by atoms with Crippen LogP contribution in [-0.2, 0) is 31.4 Å². The first kappa shape index (κ1) is 25.8. The molecular weight excluding hydrogens is 454 g/mol. The Balaban J connectivity index is 2.00. The number of hydrogen-bond acceptors (Lipinski definition) is 6. The van der Waals surface area contributed by atoms with Gasteiger partial charge in [0.2, 0.25) is 26.0 Å². The Kier molecular flexibility index (Phi) is 8.41. The van der Waals surface area contributed by atoms with Crippen LogP contribution in [0.4, 0.5) is 0 Å². The van der Waals surface area contributed by atoms with Crippen LogP contribution in [0.15, 0.2) is 52.3 Å². The Morgan fingerprint density at radius 2 is 1.62 bits per heavy atom. The molecular formula is C21H29N3O6S2. The van der Waals surface area contributed by atoms with E-state index in [0.29, 0.717) is 23.5 Å². The first-order valence-corrected chi connectivity index (χ1v) is 12.9. The molecule has 2 aromatic rings. The van der Waals surface area contributed by atoms with Crippen LogP contribution in [0.1, 0.15) is 25.0 Å². The maximum Gasteiger partial charge on any atom is 0.242 e. The Morgan fingerprint density at radius 1 is 1.03 bits per heavy atom. The number of nitrogens with zero attached hydrogens (tertiary/aromatic N) is 1. The van der Waals surface area contributed by atoms with Crippen LogP contribution >= 0.6 is 0 Å². The summed E-state index contributed by atoms with van der Waals surface area (Å²) in [6, 6.07) is 9.57. The molecule has 0 spiro atoms. The number of carbonyl (C=O) groups is 1. The number of aryl methyl sites for hydroxylation is 1. The van der Waals surface area contributed by atoms with E-state index in [1.165, 1.54) is 45.3 Å². The number of benzene rings is 2. The van der Waals surface area contributed by atoms with E-state index in [9.17, 15) is 21.6 Å². The average Bonchev–Trinajstić information content (AvgIpc) is 2.73. The summed E-state index contributed by atoms with van der Waals surface area (Å²) in [5.41, 5.74) is 1.35. The van der Waals surface area contributed by atoms with E-state index in [2.05, 4.69) is 10.0 Å². The van der Waals surface area contributed by atoms with Gasteiger partial charge >= 0.3 is 0 Å². The molecule has 0 aromatic heterocycles. The third kappa shape index (κ3) is 6.28. The monoisotopic (exact) mass is 483 g/mol. The van der Waals surface area contributed by atoms with Crippen molar-refractivity contribution in [2.75, 3.05) is 20.7 Å². The highest BCUT2D eigenvalue weighted by Crippen LogP contribution is 2.22. The topological polar surface area (TPSA) is 122 Å². The van der Waals surface area contributed by atoms with Crippen molar-refractivity contribution in [2.24, 2.45) is 0 Å². The van der Waals surface area contributed by atoms with Crippen LogP contribution in [0.2, 0.25) is 0 Å². The predicted octanol–water partition coefficient (Wildman–Crippen LogP) is 1.63. The maximum atomic E-state index is 12.6. The number of sulfonamides is 2. The van der Waals surface area contributed by atoms with Crippen molar-refractivity contribution < 1.29 is 26.4 Å². The molecule has 176 valence electrons. The van der Waals surface area contributed by atoms with Gasteiger partial charge in [-0.2, -0.15) is 4.72 Å². The van der Waals surface area contributed by atoms with Crippen LogP contribution in [0.3, 0.4) is 0 Å². The summed E-state index contributed by atoms with van der Waals surface area (Å²) in [5, 5.41) is 2.65. The van der Waals surface area contributed by atoms with E-state index in [0.717, 1.165) is 4.31 Å². The van der Waals surface area contributed by atoms with Crippen molar-refractivity contribution in [1.82, 2.24) is 14.3 Å². The molecule has 32 heavy (non-hydrogen) atoms. The first-order chi connectivity index (χ1) is 14.9. The Bertz CT molecular complexity index is 1160. The quantitative estimate of drug-likeness (QED) is 0.530. The molecule has 0 heterocycles. The molecule has 2 N–H and O–H groups in total. The number of ether oxygens (including phenoxy) is 1. The highest BCUT2D eigenvalue weighted by atomic mass is 32.2. The molecule has 0 unspecified atom stereocenters. The van der Waals surface area contributed by atoms with E-state index in [1.54, 1.807) is 25.1 Å². The molecule has 0 saturated carbocycles. The molecule has 2 aromatic carbocycles. The minimum atomic E-state index is -3.91. The molecule has 0 saturated heterocycles. The highest BCUT2D eigenvalue weighted by Gasteiger charge is 2.23. The highest BCUT2D eigenvalue weighted by molar-refractivity contribution is 7.89. The van der Waals surface area contributed by atoms with Crippen molar-refractivity contribution in [3.8, 4) is 5.75 Å². The molecule has 0 aliphatic rings. The fourth-order valence-corrected chi connectivity index (χ4v) is 4.98. The second-order valence-corrected chi connectivity index (χ2v) is 11.2. The predicted molar refractivity (Wildman–Crippen MR) is 121 cm³/mol. The number of carbonyl (C=O) groups excluding carboxylic acids is 1. The Morgan fingerprint density at radius 3 is 2.16 bits per heavy atom. The van der Waals surface area contributed by atoms with Crippen molar-refractivity contribution in [1.29, 1.82) is 0 Å². The lowest BCUT2D eigenvalue weighted by Gasteiger charge is -2.16. The average molecular weight is 484 g/mol. The standard InChI is InChI=1S/C21H29N3O6S2/c1-6-30-20-12-11-19(13-15(20)2)31(26,27)23-16(3)21(25)22-14-17-7-9-18(10-8-17)32(28,29)24(4)5/h7-13,16,23H,6,14H2,1-5H3,(H,22,25)/t16-/m1/s1. The number of nitrogens with one attached hydrogen (secondary N) is 2. The van der Waals surface area contributed by atoms with E-state index in [4.69, 9.17) is 4.74 Å². The van der Waals surface area contributed by atoms with Crippen LogP contribution < -0.4 is 14.8 Å². The lowest BCUT2D eigenvalue weighted by molar-refractivity contribution is -0.122. The molecule has 11 heteroatoms. The molecule has 0 radical (unpaired) electrons. The van der Waals surface area contributed by atoms with Crippen LogP contribution in [0.5, 0.6) is 5.75 Å². The molecule has 0 aliphatic heterocycles. The Labute approximate surface area is 189 Å². The summed E-state index contributed by atoms with van der Waals surface area (Å²) >= 11 is 0. The minimum Gasteiger partial charge on any atom is -0.494 e. The van der Waals surface area contributed by atoms with E-state index in [1.807, 2.05) is 6.92 Å². The summed E-state index contributed by atoms with van der Waals surface area (Å²) in [6.07, 6.45) is 0. The van der Waals surface area contributed by atoms with E-state index >= 15 is 0 Å². The van der Waals surface area contributed by atoms with E-state index in [-0.39, 0.29) is 16.3 Å². The third-order valence-corrected chi connectivity index (χ3v) is 8.02. The van der Waals surface area contributed by atoms with Gasteiger partial charge in [-0.25, -0.2) is 21.1 Å². The molecule has 9 nitrogen and oxygen atoms in total. The van der Waals surface area contributed by atoms with Crippen LogP contribution in [0, 0.1) is 6.92 Å². The molecule has 0 aliphatic carbocycles. The smallest absolute Gasteiger partial charge is 0.242 e. The van der Waals surface area contributed by atoms with Gasteiger partial charge in [0, 0.05) is 20.6 Å². The summed E-state index contributed by atoms with van der Waals surface area (Å²) in [6.45, 7) is 5.62. The Hall–Kier alpha value is -2.47. The van der Waals surface area contributed by atoms with Gasteiger partial charge < -0.3 is 10.1 Å². The maximum absolute atomic E-state index is 12.6. The summed E-state index contributed by atoms with van der Waals surface area (Å²) in [7, 11) is -4.55. The fraction of sp³-hybridized carbons (Fsp3) is 0.381. The van der Waals surface area contributed by atoms with Crippen molar-refractivity contribution in [3.05, 3.63) is 53.6 Å². The number of amides is 1. The van der Waals surface area contributed by atoms with Gasteiger partial charge in [0.25, 0.3) is 0 Å². The van der Waals surface area contributed by atoms with E-state index < -0.39 is 32.0 Å².